The van der Waals surface area contributed by atoms with Crippen molar-refractivity contribution >= 4 is 5.91 Å². The fourth-order valence-electron chi connectivity index (χ4n) is 2.93. The molecule has 98 valence electrons. The maximum absolute atomic E-state index is 12.0. The van der Waals surface area contributed by atoms with E-state index in [2.05, 4.69) is 11.4 Å². The number of rotatable bonds is 3. The molecule has 3 rings (SSSR count). The molecule has 0 spiro atoms. The van der Waals surface area contributed by atoms with Gasteiger partial charge in [-0.3, -0.25) is 4.79 Å². The minimum Gasteiger partial charge on any atom is -0.373 e. The lowest BCUT2D eigenvalue weighted by Crippen LogP contribution is -2.42. The fourth-order valence-corrected chi connectivity index (χ4v) is 2.93. The van der Waals surface area contributed by atoms with Crippen molar-refractivity contribution in [3.63, 3.8) is 0 Å². The highest BCUT2D eigenvalue weighted by Gasteiger charge is 2.41. The van der Waals surface area contributed by atoms with Gasteiger partial charge < -0.3 is 10.1 Å². The molecule has 1 N–H and O–H groups in total. The standard InChI is InChI=1S/C15H16N2O2/c16-9-11-3-1-10(2-4-11)7-15(18)17-13-8-12-5-6-14(13)19-12/h1-4,12-14H,5-8H2,(H,17,18). The highest BCUT2D eigenvalue weighted by atomic mass is 16.5. The van der Waals surface area contributed by atoms with Crippen LogP contribution in [-0.2, 0) is 16.0 Å². The van der Waals surface area contributed by atoms with E-state index in [1.54, 1.807) is 12.1 Å². The Hall–Kier alpha value is -1.86. The topological polar surface area (TPSA) is 62.1 Å². The van der Waals surface area contributed by atoms with E-state index in [0.717, 1.165) is 24.8 Å². The summed E-state index contributed by atoms with van der Waals surface area (Å²) in [6, 6.07) is 9.39. The molecule has 0 aromatic heterocycles. The van der Waals surface area contributed by atoms with Crippen LogP contribution < -0.4 is 5.32 Å². The summed E-state index contributed by atoms with van der Waals surface area (Å²) < 4.78 is 5.72. The Kier molecular flexibility index (Phi) is 3.22. The van der Waals surface area contributed by atoms with Gasteiger partial charge in [-0.15, -0.1) is 0 Å². The van der Waals surface area contributed by atoms with E-state index in [-0.39, 0.29) is 18.1 Å². The number of carbonyl (C=O) groups excluding carboxylic acids is 1. The van der Waals surface area contributed by atoms with Crippen molar-refractivity contribution in [3.8, 4) is 6.07 Å². The lowest BCUT2D eigenvalue weighted by molar-refractivity contribution is -0.121. The Morgan fingerprint density at radius 2 is 2.16 bits per heavy atom. The van der Waals surface area contributed by atoms with E-state index in [9.17, 15) is 4.79 Å². The largest absolute Gasteiger partial charge is 0.373 e. The quantitative estimate of drug-likeness (QED) is 0.892. The Morgan fingerprint density at radius 1 is 1.37 bits per heavy atom. The molecule has 0 radical (unpaired) electrons. The summed E-state index contributed by atoms with van der Waals surface area (Å²) in [6.45, 7) is 0. The molecule has 1 amide bonds. The van der Waals surface area contributed by atoms with Gasteiger partial charge in [0.1, 0.15) is 0 Å². The molecule has 1 aromatic rings. The Balaban J connectivity index is 1.55. The van der Waals surface area contributed by atoms with Crippen molar-refractivity contribution in [3.05, 3.63) is 35.4 Å². The first kappa shape index (κ1) is 12.2. The number of nitrogens with one attached hydrogen (secondary N) is 1. The van der Waals surface area contributed by atoms with Gasteiger partial charge in [-0.05, 0) is 37.0 Å². The van der Waals surface area contributed by atoms with Gasteiger partial charge in [-0.1, -0.05) is 12.1 Å². The molecular weight excluding hydrogens is 240 g/mol. The van der Waals surface area contributed by atoms with E-state index in [0.29, 0.717) is 18.1 Å². The van der Waals surface area contributed by atoms with Gasteiger partial charge in [-0.2, -0.15) is 5.26 Å². The monoisotopic (exact) mass is 256 g/mol. The van der Waals surface area contributed by atoms with Gasteiger partial charge in [0.15, 0.2) is 0 Å². The normalized spacial score (nSPS) is 28.1. The van der Waals surface area contributed by atoms with Gasteiger partial charge in [0.2, 0.25) is 5.91 Å². The van der Waals surface area contributed by atoms with E-state index >= 15 is 0 Å². The minimum absolute atomic E-state index is 0.0332. The smallest absolute Gasteiger partial charge is 0.224 e. The molecule has 2 aliphatic rings. The van der Waals surface area contributed by atoms with Crippen LogP contribution in [0.25, 0.3) is 0 Å². The van der Waals surface area contributed by atoms with Crippen molar-refractivity contribution in [2.45, 2.75) is 43.9 Å². The second-order valence-corrected chi connectivity index (χ2v) is 5.27. The molecule has 3 unspecified atom stereocenters. The average Bonchev–Trinajstić information content (AvgIpc) is 3.02. The number of benzene rings is 1. The molecule has 4 nitrogen and oxygen atoms in total. The van der Waals surface area contributed by atoms with Crippen LogP contribution in [0, 0.1) is 11.3 Å². The Bertz CT molecular complexity index is 518. The predicted octanol–water partition coefficient (Wildman–Crippen LogP) is 1.54. The van der Waals surface area contributed by atoms with Gasteiger partial charge in [0, 0.05) is 0 Å². The van der Waals surface area contributed by atoms with Gasteiger partial charge >= 0.3 is 0 Å². The molecule has 2 saturated heterocycles. The van der Waals surface area contributed by atoms with Crippen molar-refractivity contribution in [2.24, 2.45) is 0 Å². The molecule has 1 aromatic carbocycles. The number of ether oxygens (including phenoxy) is 1. The number of fused-ring (bicyclic) bond motifs is 2. The van der Waals surface area contributed by atoms with Crippen molar-refractivity contribution in [1.82, 2.24) is 5.32 Å². The van der Waals surface area contributed by atoms with E-state index in [1.807, 2.05) is 12.1 Å². The first-order chi connectivity index (χ1) is 9.24. The summed E-state index contributed by atoms with van der Waals surface area (Å²) in [5, 5.41) is 11.8. The molecule has 2 bridgehead atoms. The molecule has 2 heterocycles. The van der Waals surface area contributed by atoms with Crippen molar-refractivity contribution in [1.29, 1.82) is 5.26 Å². The van der Waals surface area contributed by atoms with Crippen LogP contribution >= 0.6 is 0 Å². The predicted molar refractivity (Wildman–Crippen MR) is 69.3 cm³/mol. The molecule has 3 atom stereocenters. The summed E-state index contributed by atoms with van der Waals surface area (Å²) in [5.41, 5.74) is 1.55. The molecular formula is C15H16N2O2. The van der Waals surface area contributed by atoms with Crippen LogP contribution in [0.4, 0.5) is 0 Å². The minimum atomic E-state index is 0.0332. The molecule has 2 aliphatic heterocycles. The third kappa shape index (κ3) is 2.61. The van der Waals surface area contributed by atoms with Crippen molar-refractivity contribution < 1.29 is 9.53 Å². The molecule has 0 saturated carbocycles. The van der Waals surface area contributed by atoms with Crippen LogP contribution in [0.15, 0.2) is 24.3 Å². The SMILES string of the molecule is N#Cc1ccc(CC(=O)NC2CC3CCC2O3)cc1. The van der Waals surface area contributed by atoms with E-state index < -0.39 is 0 Å². The van der Waals surface area contributed by atoms with Crippen LogP contribution in [0.5, 0.6) is 0 Å². The van der Waals surface area contributed by atoms with Crippen LogP contribution in [0.1, 0.15) is 30.4 Å². The lowest BCUT2D eigenvalue weighted by atomic mass is 9.95. The molecule has 0 aliphatic carbocycles. The third-order valence-corrected chi connectivity index (χ3v) is 3.90. The second kappa shape index (κ2) is 5.02. The van der Waals surface area contributed by atoms with Gasteiger partial charge in [-0.25, -0.2) is 0 Å². The summed E-state index contributed by atoms with van der Waals surface area (Å²) in [6.07, 6.45) is 4.07. The highest BCUT2D eigenvalue weighted by molar-refractivity contribution is 5.79. The number of nitriles is 1. The van der Waals surface area contributed by atoms with Crippen molar-refractivity contribution in [2.75, 3.05) is 0 Å². The number of nitrogens with zero attached hydrogens (tertiary/aromatic N) is 1. The highest BCUT2D eigenvalue weighted by Crippen LogP contribution is 2.34. The number of carbonyl (C=O) groups is 1. The second-order valence-electron chi connectivity index (χ2n) is 5.27. The zero-order chi connectivity index (χ0) is 13.2. The van der Waals surface area contributed by atoms with Crippen LogP contribution in [-0.4, -0.2) is 24.2 Å². The first-order valence-electron chi connectivity index (χ1n) is 6.68. The summed E-state index contributed by atoms with van der Waals surface area (Å²) >= 11 is 0. The zero-order valence-corrected chi connectivity index (χ0v) is 10.6. The number of hydrogen-bond donors (Lipinski definition) is 1. The molecule has 19 heavy (non-hydrogen) atoms. The maximum Gasteiger partial charge on any atom is 0.224 e. The van der Waals surface area contributed by atoms with Crippen LogP contribution in [0.3, 0.4) is 0 Å². The lowest BCUT2D eigenvalue weighted by Gasteiger charge is -2.20. The molecule has 4 heteroatoms. The summed E-state index contributed by atoms with van der Waals surface area (Å²) in [7, 11) is 0. The Morgan fingerprint density at radius 3 is 2.74 bits per heavy atom. The van der Waals surface area contributed by atoms with Crippen LogP contribution in [0.2, 0.25) is 0 Å². The maximum atomic E-state index is 12.0. The summed E-state index contributed by atoms with van der Waals surface area (Å²) in [5.74, 6) is 0.0332. The van der Waals surface area contributed by atoms with E-state index in [1.165, 1.54) is 0 Å². The zero-order valence-electron chi connectivity index (χ0n) is 10.6. The van der Waals surface area contributed by atoms with Gasteiger partial charge in [0.25, 0.3) is 0 Å². The van der Waals surface area contributed by atoms with E-state index in [4.69, 9.17) is 10.00 Å². The fraction of sp³-hybridized carbons (Fsp3) is 0.467. The first-order valence-corrected chi connectivity index (χ1v) is 6.68. The summed E-state index contributed by atoms with van der Waals surface area (Å²) in [4.78, 5) is 12.0. The number of hydrogen-bond acceptors (Lipinski definition) is 3. The third-order valence-electron chi connectivity index (χ3n) is 3.90. The molecule has 2 fully saturated rings. The average molecular weight is 256 g/mol. The number of amides is 1. The Labute approximate surface area is 112 Å². The van der Waals surface area contributed by atoms with Gasteiger partial charge in [0.05, 0.1) is 36.3 Å².